The fraction of sp³-hybridized carbons (Fsp3) is 0.250. The molecule has 0 N–H and O–H groups in total. The van der Waals surface area contributed by atoms with Crippen LogP contribution in [0.5, 0.6) is 17.2 Å². The van der Waals surface area contributed by atoms with E-state index in [9.17, 15) is 13.2 Å². The van der Waals surface area contributed by atoms with Gasteiger partial charge in [0.25, 0.3) is 0 Å². The van der Waals surface area contributed by atoms with Crippen LogP contribution in [0.25, 0.3) is 11.1 Å². The molecule has 0 aliphatic carbocycles. The van der Waals surface area contributed by atoms with Gasteiger partial charge < -0.3 is 9.47 Å². The molecule has 0 saturated carbocycles. The number of hydrogen-bond acceptors (Lipinski definition) is 2. The standard InChI is InChI=1S/C24H20F4O2/c1-3-5-13-10-15-11-14-6-8-18(17-9-7-16(29-4-2)12-19(17)25)21(27)23(14)30-24(15)22(28)20(13)26/h6-10,12H,3-5,11H2,1-2H3. The van der Waals surface area contributed by atoms with Crippen LogP contribution in [0.1, 0.15) is 37.0 Å². The minimum Gasteiger partial charge on any atom is -0.494 e. The second-order valence-electron chi connectivity index (χ2n) is 7.17. The summed E-state index contributed by atoms with van der Waals surface area (Å²) in [6.45, 7) is 4.03. The Bertz CT molecular complexity index is 1120. The van der Waals surface area contributed by atoms with Crippen molar-refractivity contribution in [2.75, 3.05) is 6.61 Å². The van der Waals surface area contributed by atoms with E-state index in [1.54, 1.807) is 25.1 Å². The zero-order valence-electron chi connectivity index (χ0n) is 16.6. The Morgan fingerprint density at radius 1 is 0.833 bits per heavy atom. The Hall–Kier alpha value is -3.02. The molecule has 0 atom stereocenters. The lowest BCUT2D eigenvalue weighted by molar-refractivity contribution is 0.338. The molecule has 1 aliphatic heterocycles. The molecule has 2 nitrogen and oxygen atoms in total. The third-order valence-electron chi connectivity index (χ3n) is 5.14. The largest absolute Gasteiger partial charge is 0.494 e. The zero-order chi connectivity index (χ0) is 21.4. The summed E-state index contributed by atoms with van der Waals surface area (Å²) in [6, 6.07) is 8.79. The van der Waals surface area contributed by atoms with Crippen molar-refractivity contribution in [1.82, 2.24) is 0 Å². The van der Waals surface area contributed by atoms with Crippen LogP contribution in [0, 0.1) is 23.3 Å². The highest BCUT2D eigenvalue weighted by Crippen LogP contribution is 2.44. The fourth-order valence-corrected chi connectivity index (χ4v) is 3.75. The topological polar surface area (TPSA) is 18.5 Å². The summed E-state index contributed by atoms with van der Waals surface area (Å²) >= 11 is 0. The molecule has 0 fully saturated rings. The summed E-state index contributed by atoms with van der Waals surface area (Å²) in [5, 5.41) is 0. The summed E-state index contributed by atoms with van der Waals surface area (Å²) in [5.41, 5.74) is 1.22. The third kappa shape index (κ3) is 3.40. The number of aryl methyl sites for hydroxylation is 1. The fourth-order valence-electron chi connectivity index (χ4n) is 3.75. The van der Waals surface area contributed by atoms with Gasteiger partial charge in [0.1, 0.15) is 11.6 Å². The SMILES string of the molecule is CCCc1cc2c(c(F)c1F)Oc1c(ccc(-c3ccc(OCC)cc3F)c1F)C2. The van der Waals surface area contributed by atoms with Gasteiger partial charge in [-0.15, -0.1) is 0 Å². The van der Waals surface area contributed by atoms with E-state index in [0.717, 1.165) is 0 Å². The van der Waals surface area contributed by atoms with E-state index in [2.05, 4.69) is 0 Å². The van der Waals surface area contributed by atoms with Crippen LogP contribution < -0.4 is 9.47 Å². The van der Waals surface area contributed by atoms with Crippen LogP contribution in [0.2, 0.25) is 0 Å². The van der Waals surface area contributed by atoms with Crippen molar-refractivity contribution in [1.29, 1.82) is 0 Å². The average Bonchev–Trinajstić information content (AvgIpc) is 2.72. The van der Waals surface area contributed by atoms with Crippen molar-refractivity contribution in [2.45, 2.75) is 33.1 Å². The number of hydrogen-bond donors (Lipinski definition) is 0. The molecule has 156 valence electrons. The van der Waals surface area contributed by atoms with Crippen LogP contribution in [0.15, 0.2) is 36.4 Å². The number of fused-ring (bicyclic) bond motifs is 2. The number of ether oxygens (including phenoxy) is 2. The summed E-state index contributed by atoms with van der Waals surface area (Å²) < 4.78 is 69.5. The second kappa shape index (κ2) is 8.01. The summed E-state index contributed by atoms with van der Waals surface area (Å²) in [4.78, 5) is 0. The Balaban J connectivity index is 1.76. The van der Waals surface area contributed by atoms with Crippen molar-refractivity contribution in [3.8, 4) is 28.4 Å². The lowest BCUT2D eigenvalue weighted by atomic mass is 9.94. The van der Waals surface area contributed by atoms with E-state index in [1.807, 2.05) is 6.92 Å². The number of benzene rings is 3. The molecular weight excluding hydrogens is 396 g/mol. The normalized spacial score (nSPS) is 12.2. The highest BCUT2D eigenvalue weighted by atomic mass is 19.2. The first-order chi connectivity index (χ1) is 14.4. The monoisotopic (exact) mass is 416 g/mol. The van der Waals surface area contributed by atoms with Gasteiger partial charge in [0.15, 0.2) is 23.1 Å². The minimum atomic E-state index is -1.13. The summed E-state index contributed by atoms with van der Waals surface area (Å²) in [7, 11) is 0. The van der Waals surface area contributed by atoms with Crippen LogP contribution in [-0.2, 0) is 12.8 Å². The first-order valence-electron chi connectivity index (χ1n) is 9.86. The maximum atomic E-state index is 15.3. The quantitative estimate of drug-likeness (QED) is 0.328. The first kappa shape index (κ1) is 20.3. The van der Waals surface area contributed by atoms with Gasteiger partial charge >= 0.3 is 0 Å². The Morgan fingerprint density at radius 3 is 2.27 bits per heavy atom. The predicted octanol–water partition coefficient (Wildman–Crippen LogP) is 6.96. The molecule has 1 aliphatic rings. The van der Waals surface area contributed by atoms with Gasteiger partial charge in [0, 0.05) is 34.7 Å². The van der Waals surface area contributed by atoms with E-state index in [-0.39, 0.29) is 34.6 Å². The lowest BCUT2D eigenvalue weighted by Gasteiger charge is -2.23. The maximum Gasteiger partial charge on any atom is 0.201 e. The van der Waals surface area contributed by atoms with Gasteiger partial charge in [-0.05, 0) is 37.1 Å². The molecule has 0 saturated heterocycles. The van der Waals surface area contributed by atoms with Crippen molar-refractivity contribution in [3.05, 3.63) is 76.4 Å². The molecular formula is C24H20F4O2. The lowest BCUT2D eigenvalue weighted by Crippen LogP contribution is -2.10. The zero-order valence-corrected chi connectivity index (χ0v) is 16.6. The van der Waals surface area contributed by atoms with E-state index in [1.165, 1.54) is 18.2 Å². The van der Waals surface area contributed by atoms with Gasteiger partial charge in [0.05, 0.1) is 6.61 Å². The van der Waals surface area contributed by atoms with Crippen molar-refractivity contribution < 1.29 is 27.0 Å². The van der Waals surface area contributed by atoms with Crippen LogP contribution in [-0.4, -0.2) is 6.61 Å². The molecule has 0 amide bonds. The highest BCUT2D eigenvalue weighted by Gasteiger charge is 2.28. The van der Waals surface area contributed by atoms with Gasteiger partial charge in [-0.3, -0.25) is 0 Å². The smallest absolute Gasteiger partial charge is 0.201 e. The minimum absolute atomic E-state index is 0.0260. The van der Waals surface area contributed by atoms with Crippen molar-refractivity contribution >= 4 is 0 Å². The average molecular weight is 416 g/mol. The Morgan fingerprint density at radius 2 is 1.57 bits per heavy atom. The molecule has 0 bridgehead atoms. The van der Waals surface area contributed by atoms with Crippen molar-refractivity contribution in [2.24, 2.45) is 0 Å². The maximum absolute atomic E-state index is 15.3. The van der Waals surface area contributed by atoms with Gasteiger partial charge in [0.2, 0.25) is 5.82 Å². The number of halogens is 4. The van der Waals surface area contributed by atoms with E-state index in [0.29, 0.717) is 36.3 Å². The third-order valence-corrected chi connectivity index (χ3v) is 5.14. The van der Waals surface area contributed by atoms with Crippen LogP contribution >= 0.6 is 0 Å². The Kier molecular flexibility index (Phi) is 5.41. The Labute approximate surface area is 172 Å². The molecule has 0 spiro atoms. The number of rotatable bonds is 5. The molecule has 30 heavy (non-hydrogen) atoms. The highest BCUT2D eigenvalue weighted by molar-refractivity contribution is 5.70. The molecule has 6 heteroatoms. The van der Waals surface area contributed by atoms with Crippen LogP contribution in [0.3, 0.4) is 0 Å². The molecule has 1 heterocycles. The molecule has 4 rings (SSSR count). The van der Waals surface area contributed by atoms with Gasteiger partial charge in [-0.2, -0.15) is 4.39 Å². The predicted molar refractivity (Wildman–Crippen MR) is 106 cm³/mol. The first-order valence-corrected chi connectivity index (χ1v) is 9.86. The van der Waals surface area contributed by atoms with Crippen molar-refractivity contribution in [3.63, 3.8) is 0 Å². The second-order valence-corrected chi connectivity index (χ2v) is 7.17. The molecule has 0 radical (unpaired) electrons. The molecule has 0 aromatic heterocycles. The van der Waals surface area contributed by atoms with Gasteiger partial charge in [-0.1, -0.05) is 25.5 Å². The summed E-state index contributed by atoms with van der Waals surface area (Å²) in [5.74, 6) is -3.77. The van der Waals surface area contributed by atoms with E-state index in [4.69, 9.17) is 9.47 Å². The van der Waals surface area contributed by atoms with E-state index >= 15 is 4.39 Å². The molecule has 3 aromatic carbocycles. The molecule has 0 unspecified atom stereocenters. The molecule has 3 aromatic rings. The summed E-state index contributed by atoms with van der Waals surface area (Å²) in [6.07, 6.45) is 1.26. The van der Waals surface area contributed by atoms with E-state index < -0.39 is 23.3 Å². The van der Waals surface area contributed by atoms with Gasteiger partial charge in [-0.25, -0.2) is 13.2 Å². The van der Waals surface area contributed by atoms with Crippen LogP contribution in [0.4, 0.5) is 17.6 Å².